The summed E-state index contributed by atoms with van der Waals surface area (Å²) in [6.45, 7) is 2.78. The molecule has 30 heavy (non-hydrogen) atoms. The summed E-state index contributed by atoms with van der Waals surface area (Å²) in [6, 6.07) is 12.7. The van der Waals surface area contributed by atoms with Crippen LogP contribution in [0.15, 0.2) is 48.5 Å². The van der Waals surface area contributed by atoms with Crippen molar-refractivity contribution in [1.29, 1.82) is 0 Å². The zero-order chi connectivity index (χ0) is 21.9. The Hall–Kier alpha value is -3.68. The number of nitrogens with one attached hydrogen (secondary N) is 2. The van der Waals surface area contributed by atoms with Gasteiger partial charge in [-0.05, 0) is 43.2 Å². The van der Waals surface area contributed by atoms with E-state index in [2.05, 4.69) is 10.6 Å². The van der Waals surface area contributed by atoms with Crippen molar-refractivity contribution in [3.63, 3.8) is 0 Å². The van der Waals surface area contributed by atoms with E-state index in [0.29, 0.717) is 29.0 Å². The Labute approximate surface area is 174 Å². The maximum absolute atomic E-state index is 13.1. The van der Waals surface area contributed by atoms with E-state index in [4.69, 9.17) is 4.74 Å². The number of carbonyl (C=O) groups is 4. The van der Waals surface area contributed by atoms with Crippen LogP contribution < -0.4 is 15.4 Å². The molecule has 0 aliphatic carbocycles. The molecule has 1 atom stereocenters. The lowest BCUT2D eigenvalue weighted by molar-refractivity contribution is -0.134. The molecule has 0 unspecified atom stereocenters. The van der Waals surface area contributed by atoms with Gasteiger partial charge in [-0.3, -0.25) is 19.3 Å². The van der Waals surface area contributed by atoms with Gasteiger partial charge in [-0.15, -0.1) is 0 Å². The highest BCUT2D eigenvalue weighted by Crippen LogP contribution is 2.33. The van der Waals surface area contributed by atoms with Crippen LogP contribution in [-0.2, 0) is 15.1 Å². The number of methoxy groups -OCH3 is 1. The van der Waals surface area contributed by atoms with Gasteiger partial charge in [-0.25, -0.2) is 4.79 Å². The molecule has 2 aromatic rings. The lowest BCUT2D eigenvalue weighted by Gasteiger charge is -2.26. The van der Waals surface area contributed by atoms with E-state index in [9.17, 15) is 19.2 Å². The number of nitrogens with zero attached hydrogens (tertiary/aromatic N) is 1. The van der Waals surface area contributed by atoms with Gasteiger partial charge in [0.05, 0.1) is 7.11 Å². The number of imide groups is 1. The number of hydrogen-bond donors (Lipinski definition) is 2. The number of urea groups is 1. The predicted molar refractivity (Wildman–Crippen MR) is 110 cm³/mol. The van der Waals surface area contributed by atoms with Crippen LogP contribution in [0.3, 0.4) is 0 Å². The number of ether oxygens (including phenoxy) is 1. The molecule has 8 heteroatoms. The molecule has 0 saturated carbocycles. The van der Waals surface area contributed by atoms with E-state index >= 15 is 0 Å². The van der Waals surface area contributed by atoms with Crippen LogP contribution in [-0.4, -0.2) is 42.2 Å². The van der Waals surface area contributed by atoms with Crippen molar-refractivity contribution < 1.29 is 23.9 Å². The molecule has 8 nitrogen and oxygen atoms in total. The van der Waals surface area contributed by atoms with Crippen LogP contribution in [0.4, 0.5) is 10.5 Å². The largest absolute Gasteiger partial charge is 0.497 e. The molecular weight excluding hydrogens is 386 g/mol. The topological polar surface area (TPSA) is 105 Å². The molecule has 1 aliphatic rings. The summed E-state index contributed by atoms with van der Waals surface area (Å²) in [4.78, 5) is 50.5. The molecule has 1 aliphatic heterocycles. The van der Waals surface area contributed by atoms with Gasteiger partial charge in [0.2, 0.25) is 5.91 Å². The Balaban J connectivity index is 1.77. The molecule has 4 amide bonds. The molecule has 156 valence electrons. The van der Waals surface area contributed by atoms with Crippen LogP contribution >= 0.6 is 0 Å². The van der Waals surface area contributed by atoms with Gasteiger partial charge in [0.25, 0.3) is 5.91 Å². The van der Waals surface area contributed by atoms with E-state index < -0.39 is 29.9 Å². The first-order chi connectivity index (χ1) is 14.3. The van der Waals surface area contributed by atoms with E-state index in [1.54, 1.807) is 62.6 Å². The Morgan fingerprint density at radius 1 is 1.13 bits per heavy atom. The summed E-state index contributed by atoms with van der Waals surface area (Å²) in [5.41, 5.74) is 0.239. The van der Waals surface area contributed by atoms with Gasteiger partial charge in [-0.1, -0.05) is 31.2 Å². The fourth-order valence-electron chi connectivity index (χ4n) is 3.44. The maximum atomic E-state index is 13.1. The van der Waals surface area contributed by atoms with Gasteiger partial charge >= 0.3 is 6.03 Å². The van der Waals surface area contributed by atoms with E-state index in [0.717, 1.165) is 4.90 Å². The van der Waals surface area contributed by atoms with Crippen LogP contribution in [0.5, 0.6) is 5.75 Å². The number of anilines is 1. The van der Waals surface area contributed by atoms with Crippen LogP contribution in [0.2, 0.25) is 0 Å². The van der Waals surface area contributed by atoms with Crippen molar-refractivity contribution in [2.45, 2.75) is 25.8 Å². The standard InChI is InChI=1S/C22H23N3O5/c1-4-22(16-8-10-18(30-3)11-9-16)20(28)25(21(29)24-22)13-19(27)23-17-7-5-6-15(12-17)14(2)26/h5-12H,4,13H2,1-3H3,(H,23,27)(H,24,29)/t22-/m0/s1. The second kappa shape index (κ2) is 8.36. The minimum atomic E-state index is -1.24. The zero-order valence-electron chi connectivity index (χ0n) is 17.0. The molecule has 2 N–H and O–H groups in total. The first kappa shape index (κ1) is 21.0. The van der Waals surface area contributed by atoms with Gasteiger partial charge in [0, 0.05) is 11.3 Å². The second-order valence-electron chi connectivity index (χ2n) is 6.99. The lowest BCUT2D eigenvalue weighted by Crippen LogP contribution is -2.44. The number of Topliss-reactive ketones (excluding diaryl/α,β-unsaturated/α-hetero) is 1. The lowest BCUT2D eigenvalue weighted by atomic mass is 9.87. The Morgan fingerprint density at radius 2 is 1.83 bits per heavy atom. The Morgan fingerprint density at radius 3 is 2.43 bits per heavy atom. The summed E-state index contributed by atoms with van der Waals surface area (Å²) in [6.07, 6.45) is 0.322. The van der Waals surface area contributed by atoms with Crippen molar-refractivity contribution in [2.75, 3.05) is 19.0 Å². The number of hydrogen-bond acceptors (Lipinski definition) is 5. The molecule has 1 heterocycles. The monoisotopic (exact) mass is 409 g/mol. The number of benzene rings is 2. The van der Waals surface area contributed by atoms with Crippen molar-refractivity contribution >= 4 is 29.3 Å². The van der Waals surface area contributed by atoms with E-state index in [-0.39, 0.29) is 5.78 Å². The van der Waals surface area contributed by atoms with Crippen molar-refractivity contribution in [3.8, 4) is 5.75 Å². The van der Waals surface area contributed by atoms with Crippen LogP contribution in [0.1, 0.15) is 36.2 Å². The molecule has 2 aromatic carbocycles. The van der Waals surface area contributed by atoms with Gasteiger partial charge in [0.1, 0.15) is 17.8 Å². The third kappa shape index (κ3) is 3.89. The van der Waals surface area contributed by atoms with Crippen molar-refractivity contribution in [1.82, 2.24) is 10.2 Å². The van der Waals surface area contributed by atoms with E-state index in [1.165, 1.54) is 6.92 Å². The third-order valence-electron chi connectivity index (χ3n) is 5.14. The molecule has 0 radical (unpaired) electrons. The third-order valence-corrected chi connectivity index (χ3v) is 5.14. The first-order valence-electron chi connectivity index (χ1n) is 9.50. The summed E-state index contributed by atoms with van der Waals surface area (Å²) in [5, 5.41) is 5.36. The van der Waals surface area contributed by atoms with Gasteiger partial charge in [-0.2, -0.15) is 0 Å². The van der Waals surface area contributed by atoms with Crippen molar-refractivity contribution in [3.05, 3.63) is 59.7 Å². The quantitative estimate of drug-likeness (QED) is 0.540. The number of amides is 4. The maximum Gasteiger partial charge on any atom is 0.325 e. The number of rotatable bonds is 7. The first-order valence-corrected chi connectivity index (χ1v) is 9.50. The highest BCUT2D eigenvalue weighted by molar-refractivity contribution is 6.10. The fourth-order valence-corrected chi connectivity index (χ4v) is 3.44. The summed E-state index contributed by atoms with van der Waals surface area (Å²) >= 11 is 0. The summed E-state index contributed by atoms with van der Waals surface area (Å²) in [5.74, 6) is -0.535. The van der Waals surface area contributed by atoms with E-state index in [1.807, 2.05) is 0 Å². The summed E-state index contributed by atoms with van der Waals surface area (Å²) in [7, 11) is 1.54. The Bertz CT molecular complexity index is 1000. The normalized spacial score (nSPS) is 18.2. The highest BCUT2D eigenvalue weighted by atomic mass is 16.5. The predicted octanol–water partition coefficient (Wildman–Crippen LogP) is 2.69. The molecule has 1 fully saturated rings. The highest BCUT2D eigenvalue weighted by Gasteiger charge is 2.51. The fraction of sp³-hybridized carbons (Fsp3) is 0.273. The second-order valence-corrected chi connectivity index (χ2v) is 6.99. The zero-order valence-corrected chi connectivity index (χ0v) is 17.0. The van der Waals surface area contributed by atoms with Crippen LogP contribution in [0, 0.1) is 0 Å². The molecule has 0 bridgehead atoms. The molecule has 0 aromatic heterocycles. The summed E-state index contributed by atoms with van der Waals surface area (Å²) < 4.78 is 5.14. The van der Waals surface area contributed by atoms with Gasteiger partial charge < -0.3 is 15.4 Å². The average molecular weight is 409 g/mol. The Kier molecular flexibility index (Phi) is 5.86. The minimum absolute atomic E-state index is 0.132. The number of carbonyl (C=O) groups excluding carboxylic acids is 4. The number of ketones is 1. The van der Waals surface area contributed by atoms with Gasteiger partial charge in [0.15, 0.2) is 5.78 Å². The average Bonchev–Trinajstić information content (AvgIpc) is 2.99. The molecule has 1 saturated heterocycles. The molecule has 3 rings (SSSR count). The van der Waals surface area contributed by atoms with Crippen LogP contribution in [0.25, 0.3) is 0 Å². The molecular formula is C22H23N3O5. The smallest absolute Gasteiger partial charge is 0.325 e. The van der Waals surface area contributed by atoms with Crippen molar-refractivity contribution in [2.24, 2.45) is 0 Å². The minimum Gasteiger partial charge on any atom is -0.497 e. The molecule has 0 spiro atoms. The SMILES string of the molecule is CC[C@@]1(c2ccc(OC)cc2)NC(=O)N(CC(=O)Nc2cccc(C(C)=O)c2)C1=O.